The highest BCUT2D eigenvalue weighted by Gasteiger charge is 2.21. The van der Waals surface area contributed by atoms with Gasteiger partial charge in [-0.25, -0.2) is 9.37 Å². The molecule has 0 spiro atoms. The average Bonchev–Trinajstić information content (AvgIpc) is 3.59. The second kappa shape index (κ2) is 13.6. The lowest BCUT2D eigenvalue weighted by atomic mass is 9.90. The van der Waals surface area contributed by atoms with Crippen LogP contribution in [-0.4, -0.2) is 84.5 Å². The van der Waals surface area contributed by atoms with Gasteiger partial charge in [-0.05, 0) is 80.2 Å². The molecule has 4 N–H and O–H groups in total. The van der Waals surface area contributed by atoms with Crippen LogP contribution in [0.15, 0.2) is 59.5 Å². The average molecular weight is 613 g/mol. The van der Waals surface area contributed by atoms with Gasteiger partial charge in [0, 0.05) is 73.8 Å². The molecule has 45 heavy (non-hydrogen) atoms. The Kier molecular flexibility index (Phi) is 9.01. The molecule has 3 aliphatic heterocycles. The molecule has 2 aromatic heterocycles. The van der Waals surface area contributed by atoms with Gasteiger partial charge in [0.05, 0.1) is 18.8 Å². The van der Waals surface area contributed by atoms with Gasteiger partial charge in [-0.3, -0.25) is 14.3 Å². The zero-order valence-electron chi connectivity index (χ0n) is 25.5. The number of halogens is 1. The molecule has 5 heterocycles. The van der Waals surface area contributed by atoms with Crippen LogP contribution in [0.4, 0.5) is 21.7 Å². The summed E-state index contributed by atoms with van der Waals surface area (Å²) in [4.78, 5) is 25.8. The van der Waals surface area contributed by atoms with E-state index in [-0.39, 0.29) is 17.3 Å². The van der Waals surface area contributed by atoms with E-state index in [2.05, 4.69) is 31.2 Å². The number of anilines is 3. The van der Waals surface area contributed by atoms with Crippen molar-refractivity contribution in [2.75, 3.05) is 69.7 Å². The van der Waals surface area contributed by atoms with Gasteiger partial charge in [-0.2, -0.15) is 4.98 Å². The van der Waals surface area contributed by atoms with Crippen LogP contribution in [0.3, 0.4) is 0 Å². The van der Waals surface area contributed by atoms with Crippen LogP contribution in [0.5, 0.6) is 0 Å². The summed E-state index contributed by atoms with van der Waals surface area (Å²) in [5.74, 6) is 0.295. The Hall–Kier alpha value is -3.90. The second-order valence-electron chi connectivity index (χ2n) is 12.3. The number of piperidine rings is 1. The summed E-state index contributed by atoms with van der Waals surface area (Å²) in [6.45, 7) is 7.89. The Morgan fingerprint density at radius 3 is 2.51 bits per heavy atom. The Morgan fingerprint density at radius 2 is 1.76 bits per heavy atom. The largest absolute Gasteiger partial charge is 0.381 e. The predicted molar refractivity (Wildman–Crippen MR) is 176 cm³/mol. The summed E-state index contributed by atoms with van der Waals surface area (Å²) >= 11 is 0. The lowest BCUT2D eigenvalue weighted by Crippen LogP contribution is -2.39. The molecule has 236 valence electrons. The highest BCUT2D eigenvalue weighted by Crippen LogP contribution is 2.29. The third-order valence-corrected chi connectivity index (χ3v) is 9.19. The molecule has 2 aromatic carbocycles. The number of fused-ring (bicyclic) bond motifs is 1. The summed E-state index contributed by atoms with van der Waals surface area (Å²) in [5.41, 5.74) is 3.76. The topological polar surface area (TPSA) is 108 Å². The van der Waals surface area contributed by atoms with Gasteiger partial charge in [0.15, 0.2) is 0 Å². The first-order chi connectivity index (χ1) is 22.1. The second-order valence-corrected chi connectivity index (χ2v) is 12.3. The molecule has 0 saturated carbocycles. The van der Waals surface area contributed by atoms with E-state index >= 15 is 4.39 Å². The molecule has 10 nitrogen and oxygen atoms in total. The summed E-state index contributed by atoms with van der Waals surface area (Å²) in [5, 5.41) is 14.3. The van der Waals surface area contributed by atoms with Crippen LogP contribution < -0.4 is 26.8 Å². The highest BCUT2D eigenvalue weighted by atomic mass is 19.1. The monoisotopic (exact) mass is 612 g/mol. The third kappa shape index (κ3) is 6.86. The maximum Gasteiger partial charge on any atom is 0.260 e. The molecule has 2 atom stereocenters. The van der Waals surface area contributed by atoms with Crippen molar-refractivity contribution >= 4 is 28.4 Å². The molecule has 0 radical (unpaired) electrons. The molecule has 11 heteroatoms. The predicted octanol–water partition coefficient (Wildman–Crippen LogP) is 3.91. The number of rotatable bonds is 9. The van der Waals surface area contributed by atoms with Gasteiger partial charge in [0.25, 0.3) is 5.56 Å². The molecular weight excluding hydrogens is 571 g/mol. The number of aromatic nitrogens is 3. The smallest absolute Gasteiger partial charge is 0.260 e. The van der Waals surface area contributed by atoms with Gasteiger partial charge in [0.2, 0.25) is 5.95 Å². The van der Waals surface area contributed by atoms with Crippen molar-refractivity contribution in [3.8, 4) is 11.1 Å². The lowest BCUT2D eigenvalue weighted by Gasteiger charge is -2.27. The minimum atomic E-state index is -0.379. The van der Waals surface area contributed by atoms with Crippen molar-refractivity contribution in [3.63, 3.8) is 0 Å². The van der Waals surface area contributed by atoms with Crippen molar-refractivity contribution in [2.24, 2.45) is 0 Å². The number of hydrogen-bond acceptors (Lipinski definition) is 9. The molecule has 4 aromatic rings. The van der Waals surface area contributed by atoms with Crippen LogP contribution in [0, 0.1) is 5.82 Å². The number of hydrogen-bond donors (Lipinski definition) is 4. The first-order valence-corrected chi connectivity index (χ1v) is 16.2. The van der Waals surface area contributed by atoms with Gasteiger partial charge < -0.3 is 26.0 Å². The van der Waals surface area contributed by atoms with Crippen molar-refractivity contribution in [2.45, 2.75) is 37.8 Å². The van der Waals surface area contributed by atoms with Crippen LogP contribution in [0.2, 0.25) is 0 Å². The lowest BCUT2D eigenvalue weighted by molar-refractivity contribution is 0.0364. The number of benzene rings is 2. The minimum absolute atomic E-state index is 0.261. The number of nitrogens with zero attached hydrogens (tertiary/aromatic N) is 4. The Labute approximate surface area is 262 Å². The van der Waals surface area contributed by atoms with E-state index in [1.807, 2.05) is 30.3 Å². The summed E-state index contributed by atoms with van der Waals surface area (Å²) in [6, 6.07) is 15.5. The number of pyridine rings is 1. The zero-order valence-corrected chi connectivity index (χ0v) is 25.5. The fourth-order valence-electron chi connectivity index (χ4n) is 6.62. The van der Waals surface area contributed by atoms with E-state index in [1.165, 1.54) is 0 Å². The first-order valence-electron chi connectivity index (χ1n) is 16.2. The molecule has 0 aliphatic carbocycles. The maximum atomic E-state index is 15.7. The van der Waals surface area contributed by atoms with E-state index < -0.39 is 0 Å². The Morgan fingerprint density at radius 1 is 0.933 bits per heavy atom. The van der Waals surface area contributed by atoms with Crippen LogP contribution in [0.25, 0.3) is 22.2 Å². The van der Waals surface area contributed by atoms with E-state index in [4.69, 9.17) is 9.72 Å². The highest BCUT2D eigenvalue weighted by molar-refractivity contribution is 5.82. The summed E-state index contributed by atoms with van der Waals surface area (Å²) in [7, 11) is 0. The van der Waals surface area contributed by atoms with E-state index in [1.54, 1.807) is 29.0 Å². The molecule has 7 rings (SSSR count). The fraction of sp³-hybridized carbons (Fsp3) is 0.441. The molecule has 0 bridgehead atoms. The van der Waals surface area contributed by atoms with Crippen LogP contribution in [-0.2, 0) is 11.3 Å². The van der Waals surface area contributed by atoms with Crippen molar-refractivity contribution in [3.05, 3.63) is 76.5 Å². The number of nitrogens with one attached hydrogen (secondary N) is 4. The van der Waals surface area contributed by atoms with Gasteiger partial charge in [0.1, 0.15) is 11.5 Å². The molecule has 3 fully saturated rings. The summed E-state index contributed by atoms with van der Waals surface area (Å²) < 4.78 is 22.9. The van der Waals surface area contributed by atoms with Crippen LogP contribution >= 0.6 is 0 Å². The van der Waals surface area contributed by atoms with E-state index in [9.17, 15) is 4.79 Å². The Balaban J connectivity index is 1.19. The fourth-order valence-corrected chi connectivity index (χ4v) is 6.62. The normalized spacial score (nSPS) is 20.8. The minimum Gasteiger partial charge on any atom is -0.381 e. The zero-order chi connectivity index (χ0) is 30.6. The molecule has 2 unspecified atom stereocenters. The van der Waals surface area contributed by atoms with Crippen molar-refractivity contribution in [1.29, 1.82) is 0 Å². The molecular formula is C34H41FN8O2. The van der Waals surface area contributed by atoms with Gasteiger partial charge in [-0.1, -0.05) is 12.1 Å². The SMILES string of the molecule is O=c1c(-c2ccc(C3CCCNC3)cc2F)cc2cnc(Nc3ccc(NC4CCNC4)cc3)nc2n1CCN1CCOCC1. The van der Waals surface area contributed by atoms with E-state index in [0.717, 1.165) is 75.5 Å². The molecule has 3 saturated heterocycles. The first kappa shape index (κ1) is 29.8. The third-order valence-electron chi connectivity index (χ3n) is 9.19. The van der Waals surface area contributed by atoms with Crippen molar-refractivity contribution in [1.82, 2.24) is 30.1 Å². The Bertz CT molecular complexity index is 1680. The maximum absolute atomic E-state index is 15.7. The molecule has 0 amide bonds. The van der Waals surface area contributed by atoms with Gasteiger partial charge >= 0.3 is 0 Å². The summed E-state index contributed by atoms with van der Waals surface area (Å²) in [6.07, 6.45) is 4.92. The number of ether oxygens (including phenoxy) is 1. The van der Waals surface area contributed by atoms with Gasteiger partial charge in [-0.15, -0.1) is 0 Å². The molecule has 3 aliphatic rings. The quantitative estimate of drug-likeness (QED) is 0.224. The van der Waals surface area contributed by atoms with Crippen molar-refractivity contribution < 1.29 is 9.13 Å². The van der Waals surface area contributed by atoms with E-state index in [0.29, 0.717) is 60.5 Å². The van der Waals surface area contributed by atoms with Crippen LogP contribution in [0.1, 0.15) is 30.7 Å². The number of morpholine rings is 1. The standard InChI is InChI=1S/C34H41FN8O2/c35-31-19-23(24-2-1-10-36-20-24)3-8-29(31)30-18-25-21-38-34(40-27-6-4-26(5-7-27)39-28-9-11-37-22-28)41-32(25)43(33(30)44)13-12-42-14-16-45-17-15-42/h3-8,18-19,21,24,28,36-37,39H,1-2,9-17,20,22H2,(H,38,40,41).